The largest absolute Gasteiger partial charge is 0.352 e. The molecular weight excluding hydrogens is 222 g/mol. The zero-order valence-electron chi connectivity index (χ0n) is 10.9. The second-order valence-corrected chi connectivity index (χ2v) is 5.64. The molecule has 16 heavy (non-hydrogen) atoms. The van der Waals surface area contributed by atoms with Gasteiger partial charge < -0.3 is 9.47 Å². The van der Waals surface area contributed by atoms with Gasteiger partial charge in [-0.05, 0) is 20.8 Å². The lowest BCUT2D eigenvalue weighted by Crippen LogP contribution is -2.48. The summed E-state index contributed by atoms with van der Waals surface area (Å²) in [5.74, 6) is 1.22. The van der Waals surface area contributed by atoms with E-state index in [1.165, 1.54) is 5.75 Å². The minimum absolute atomic E-state index is 0.0623. The van der Waals surface area contributed by atoms with Crippen LogP contribution in [0.5, 0.6) is 0 Å². The molecule has 1 heterocycles. The van der Waals surface area contributed by atoms with E-state index in [0.717, 1.165) is 26.3 Å². The smallest absolute Gasteiger partial charge is 0.170 e. The first kappa shape index (κ1) is 14.3. The van der Waals surface area contributed by atoms with E-state index in [2.05, 4.69) is 30.5 Å². The van der Waals surface area contributed by atoms with Crippen LogP contribution in [0.1, 0.15) is 27.7 Å². The minimum atomic E-state index is -0.0623. The van der Waals surface area contributed by atoms with Crippen molar-refractivity contribution in [1.29, 1.82) is 0 Å². The Kier molecular flexibility index (Phi) is 6.73. The molecule has 0 saturated carbocycles. The third kappa shape index (κ3) is 4.24. The summed E-state index contributed by atoms with van der Waals surface area (Å²) in [6.45, 7) is 12.1. The van der Waals surface area contributed by atoms with Crippen molar-refractivity contribution in [3.8, 4) is 0 Å². The molecule has 1 saturated heterocycles. The molecule has 1 fully saturated rings. The highest BCUT2D eigenvalue weighted by Gasteiger charge is 2.27. The van der Waals surface area contributed by atoms with Crippen molar-refractivity contribution in [3.05, 3.63) is 0 Å². The summed E-state index contributed by atoms with van der Waals surface area (Å²) in [5.41, 5.74) is 0. The van der Waals surface area contributed by atoms with E-state index < -0.39 is 0 Å². The lowest BCUT2D eigenvalue weighted by atomic mass is 10.2. The summed E-state index contributed by atoms with van der Waals surface area (Å²) in [4.78, 5) is 2.48. The lowest BCUT2D eigenvalue weighted by molar-refractivity contribution is -0.149. The van der Waals surface area contributed by atoms with Crippen LogP contribution in [0.4, 0.5) is 0 Å². The van der Waals surface area contributed by atoms with E-state index in [1.54, 1.807) is 0 Å². The van der Waals surface area contributed by atoms with Crippen LogP contribution in [-0.2, 0) is 9.47 Å². The molecule has 0 aromatic carbocycles. The van der Waals surface area contributed by atoms with Crippen molar-refractivity contribution in [1.82, 2.24) is 4.90 Å². The van der Waals surface area contributed by atoms with Crippen molar-refractivity contribution in [2.75, 3.05) is 32.1 Å². The molecule has 0 aromatic heterocycles. The van der Waals surface area contributed by atoms with Gasteiger partial charge in [0.2, 0.25) is 0 Å². The van der Waals surface area contributed by atoms with Crippen LogP contribution in [0, 0.1) is 0 Å². The van der Waals surface area contributed by atoms with Crippen LogP contribution in [-0.4, -0.2) is 54.5 Å². The maximum absolute atomic E-state index is 5.60. The molecule has 0 spiro atoms. The quantitative estimate of drug-likeness (QED) is 0.671. The Hall–Kier alpha value is 0.230. The molecule has 0 unspecified atom stereocenters. The van der Waals surface area contributed by atoms with Gasteiger partial charge in [0.1, 0.15) is 0 Å². The van der Waals surface area contributed by atoms with Gasteiger partial charge in [-0.1, -0.05) is 6.92 Å². The van der Waals surface area contributed by atoms with Gasteiger partial charge in [0, 0.05) is 43.3 Å². The van der Waals surface area contributed by atoms with Crippen LogP contribution in [0.15, 0.2) is 0 Å². The van der Waals surface area contributed by atoms with Gasteiger partial charge in [0.15, 0.2) is 6.29 Å². The lowest BCUT2D eigenvalue weighted by Gasteiger charge is -2.38. The van der Waals surface area contributed by atoms with Crippen molar-refractivity contribution >= 4 is 11.8 Å². The summed E-state index contributed by atoms with van der Waals surface area (Å²) in [5, 5.41) is 0.706. The SMILES string of the molecule is CCOC(CN1CCS[C@@H](C)[C@H]1C)OCC. The molecule has 3 nitrogen and oxygen atoms in total. The van der Waals surface area contributed by atoms with Gasteiger partial charge in [-0.15, -0.1) is 0 Å². The zero-order valence-corrected chi connectivity index (χ0v) is 11.8. The Morgan fingerprint density at radius 3 is 2.44 bits per heavy atom. The van der Waals surface area contributed by atoms with E-state index in [9.17, 15) is 0 Å². The first-order valence-electron chi connectivity index (χ1n) is 6.27. The summed E-state index contributed by atoms with van der Waals surface area (Å²) < 4.78 is 11.2. The van der Waals surface area contributed by atoms with Gasteiger partial charge in [0.05, 0.1) is 0 Å². The molecular formula is C12H25NO2S. The van der Waals surface area contributed by atoms with E-state index in [1.807, 2.05) is 13.8 Å². The molecule has 0 radical (unpaired) electrons. The van der Waals surface area contributed by atoms with E-state index >= 15 is 0 Å². The Balaban J connectivity index is 2.42. The second-order valence-electron chi connectivity index (χ2n) is 4.15. The fourth-order valence-corrected chi connectivity index (χ4v) is 3.13. The third-order valence-electron chi connectivity index (χ3n) is 3.10. The topological polar surface area (TPSA) is 21.7 Å². The zero-order chi connectivity index (χ0) is 12.0. The van der Waals surface area contributed by atoms with Gasteiger partial charge in [-0.3, -0.25) is 4.90 Å². The predicted octanol–water partition coefficient (Wildman–Crippen LogP) is 2.21. The molecule has 96 valence electrons. The standard InChI is InChI=1S/C12H25NO2S/c1-5-14-12(15-6-2)9-13-7-8-16-11(4)10(13)3/h10-12H,5-9H2,1-4H3/t10-,11+/m1/s1. The maximum Gasteiger partial charge on any atom is 0.170 e. The van der Waals surface area contributed by atoms with Crippen molar-refractivity contribution in [3.63, 3.8) is 0 Å². The van der Waals surface area contributed by atoms with E-state index in [0.29, 0.717) is 11.3 Å². The average molecular weight is 247 g/mol. The first-order valence-corrected chi connectivity index (χ1v) is 7.32. The van der Waals surface area contributed by atoms with Gasteiger partial charge in [-0.2, -0.15) is 11.8 Å². The first-order chi connectivity index (χ1) is 7.69. The van der Waals surface area contributed by atoms with E-state index in [4.69, 9.17) is 9.47 Å². The van der Waals surface area contributed by atoms with Gasteiger partial charge in [-0.25, -0.2) is 0 Å². The molecule has 0 aliphatic carbocycles. The minimum Gasteiger partial charge on any atom is -0.352 e. The van der Waals surface area contributed by atoms with Crippen LogP contribution >= 0.6 is 11.8 Å². The Morgan fingerprint density at radius 1 is 1.25 bits per heavy atom. The highest BCUT2D eigenvalue weighted by atomic mass is 32.2. The highest BCUT2D eigenvalue weighted by molar-refractivity contribution is 8.00. The third-order valence-corrected chi connectivity index (χ3v) is 4.44. The average Bonchev–Trinajstić information content (AvgIpc) is 2.25. The molecule has 1 rings (SSSR count). The molecule has 1 aliphatic heterocycles. The number of rotatable bonds is 6. The van der Waals surface area contributed by atoms with Crippen LogP contribution in [0.25, 0.3) is 0 Å². The van der Waals surface area contributed by atoms with Crippen LogP contribution < -0.4 is 0 Å². The number of hydrogen-bond acceptors (Lipinski definition) is 4. The van der Waals surface area contributed by atoms with Crippen molar-refractivity contribution in [2.45, 2.75) is 45.3 Å². The van der Waals surface area contributed by atoms with Gasteiger partial charge in [0.25, 0.3) is 0 Å². The predicted molar refractivity (Wildman–Crippen MR) is 70.0 cm³/mol. The molecule has 0 aromatic rings. The molecule has 0 amide bonds. The number of hydrogen-bond donors (Lipinski definition) is 0. The molecule has 2 atom stereocenters. The van der Waals surface area contributed by atoms with Crippen LogP contribution in [0.2, 0.25) is 0 Å². The Labute approximate surface area is 104 Å². The number of thioether (sulfide) groups is 1. The fourth-order valence-electron chi connectivity index (χ4n) is 1.97. The second kappa shape index (κ2) is 7.54. The summed E-state index contributed by atoms with van der Waals surface area (Å²) in [6.07, 6.45) is -0.0623. The summed E-state index contributed by atoms with van der Waals surface area (Å²) >= 11 is 2.06. The van der Waals surface area contributed by atoms with E-state index in [-0.39, 0.29) is 6.29 Å². The highest BCUT2D eigenvalue weighted by Crippen LogP contribution is 2.24. The Morgan fingerprint density at radius 2 is 1.88 bits per heavy atom. The fraction of sp³-hybridized carbons (Fsp3) is 1.00. The summed E-state index contributed by atoms with van der Waals surface area (Å²) in [6, 6.07) is 0.613. The van der Waals surface area contributed by atoms with Crippen LogP contribution in [0.3, 0.4) is 0 Å². The molecule has 0 bridgehead atoms. The number of nitrogens with zero attached hydrogens (tertiary/aromatic N) is 1. The van der Waals surface area contributed by atoms with Crippen molar-refractivity contribution < 1.29 is 9.47 Å². The summed E-state index contributed by atoms with van der Waals surface area (Å²) in [7, 11) is 0. The molecule has 1 aliphatic rings. The monoisotopic (exact) mass is 247 g/mol. The van der Waals surface area contributed by atoms with Crippen molar-refractivity contribution in [2.24, 2.45) is 0 Å². The molecule has 4 heteroatoms. The molecule has 0 N–H and O–H groups in total. The Bertz CT molecular complexity index is 186. The number of ether oxygens (including phenoxy) is 2. The van der Waals surface area contributed by atoms with Gasteiger partial charge >= 0.3 is 0 Å². The normalized spacial score (nSPS) is 27.6. The maximum atomic E-state index is 5.60.